The van der Waals surface area contributed by atoms with Crippen molar-refractivity contribution in [3.8, 4) is 17.2 Å². The van der Waals surface area contributed by atoms with E-state index in [1.54, 1.807) is 26.4 Å². The van der Waals surface area contributed by atoms with Crippen LogP contribution in [0.3, 0.4) is 0 Å². The minimum atomic E-state index is -0.667. The van der Waals surface area contributed by atoms with Gasteiger partial charge in [-0.1, -0.05) is 0 Å². The number of methoxy groups -OCH3 is 2. The number of nitrogens with zero attached hydrogens (tertiary/aromatic N) is 1. The maximum atomic E-state index is 12.8. The van der Waals surface area contributed by atoms with Crippen molar-refractivity contribution >= 4 is 28.5 Å². The van der Waals surface area contributed by atoms with Crippen molar-refractivity contribution in [2.45, 2.75) is 32.4 Å². The Labute approximate surface area is 213 Å². The largest absolute Gasteiger partial charge is 0.493 e. The molecule has 0 aromatic heterocycles. The number of hydrogen-bond acceptors (Lipinski definition) is 6. The van der Waals surface area contributed by atoms with Crippen molar-refractivity contribution in [3.05, 3.63) is 50.1 Å². The van der Waals surface area contributed by atoms with Crippen molar-refractivity contribution < 1.29 is 28.5 Å². The molecule has 0 spiro atoms. The van der Waals surface area contributed by atoms with Crippen molar-refractivity contribution in [3.63, 3.8) is 0 Å². The van der Waals surface area contributed by atoms with Crippen LogP contribution in [0.5, 0.6) is 17.2 Å². The second-order valence-electron chi connectivity index (χ2n) is 8.10. The highest BCUT2D eigenvalue weighted by Gasteiger charge is 2.20. The molecule has 0 bridgehead atoms. The van der Waals surface area contributed by atoms with E-state index in [1.807, 2.05) is 0 Å². The van der Waals surface area contributed by atoms with Gasteiger partial charge in [0.15, 0.2) is 11.5 Å². The van der Waals surface area contributed by atoms with Crippen LogP contribution in [0.25, 0.3) is 0 Å². The first-order chi connectivity index (χ1) is 16.5. The number of amides is 1. The van der Waals surface area contributed by atoms with Gasteiger partial charge in [0.2, 0.25) is 0 Å². The van der Waals surface area contributed by atoms with Crippen LogP contribution >= 0.6 is 22.6 Å². The first kappa shape index (κ1) is 26.5. The van der Waals surface area contributed by atoms with E-state index in [-0.39, 0.29) is 24.9 Å². The van der Waals surface area contributed by atoms with Gasteiger partial charge >= 0.3 is 0 Å². The van der Waals surface area contributed by atoms with Gasteiger partial charge in [-0.15, -0.1) is 0 Å². The number of unbranched alkanes of at least 4 members (excludes halogenated alkanes) is 1. The number of carbonyl (C=O) groups is 1. The second kappa shape index (κ2) is 13.1. The van der Waals surface area contributed by atoms with Crippen LogP contribution < -0.4 is 19.5 Å². The van der Waals surface area contributed by atoms with Crippen molar-refractivity contribution in [2.24, 2.45) is 0 Å². The Morgan fingerprint density at radius 2 is 1.88 bits per heavy atom. The number of benzene rings is 2. The highest BCUT2D eigenvalue weighted by Crippen LogP contribution is 2.33. The first-order valence-corrected chi connectivity index (χ1v) is 12.4. The molecule has 3 rings (SSSR count). The summed E-state index contributed by atoms with van der Waals surface area (Å²) in [7, 11) is 3.30. The fraction of sp³-hybridized carbons (Fsp3) is 0.480. The molecule has 0 saturated heterocycles. The number of aliphatic hydroxyl groups is 1. The Kier molecular flexibility index (Phi) is 10.2. The fourth-order valence-electron chi connectivity index (χ4n) is 4.14. The SMILES string of the molecule is COc1cc2c(cc1OC)CN(CCCCNC(=O)c1cc(I)cc(CO)c1OCCF)CC2. The van der Waals surface area contributed by atoms with Gasteiger partial charge in [-0.2, -0.15) is 0 Å². The third-order valence-electron chi connectivity index (χ3n) is 5.85. The Balaban J connectivity index is 1.49. The number of halogens is 2. The fourth-order valence-corrected chi connectivity index (χ4v) is 4.82. The highest BCUT2D eigenvalue weighted by molar-refractivity contribution is 14.1. The minimum absolute atomic E-state index is 0.161. The first-order valence-electron chi connectivity index (χ1n) is 11.4. The lowest BCUT2D eigenvalue weighted by Crippen LogP contribution is -2.32. The van der Waals surface area contributed by atoms with Crippen LogP contribution in [0, 0.1) is 3.57 Å². The molecule has 0 aliphatic carbocycles. The maximum Gasteiger partial charge on any atom is 0.255 e. The van der Waals surface area contributed by atoms with Gasteiger partial charge in [0.1, 0.15) is 19.0 Å². The quantitative estimate of drug-likeness (QED) is 0.292. The number of hydrogen-bond donors (Lipinski definition) is 2. The molecule has 0 atom stereocenters. The summed E-state index contributed by atoms with van der Waals surface area (Å²) in [6, 6.07) is 7.55. The number of fused-ring (bicyclic) bond motifs is 1. The average molecular weight is 586 g/mol. The average Bonchev–Trinajstić information content (AvgIpc) is 2.85. The Morgan fingerprint density at radius 1 is 1.15 bits per heavy atom. The molecule has 1 aliphatic heterocycles. The molecule has 1 aliphatic rings. The molecule has 9 heteroatoms. The van der Waals surface area contributed by atoms with Crippen LogP contribution in [0.1, 0.15) is 39.9 Å². The molecule has 0 fully saturated rings. The predicted octanol–water partition coefficient (Wildman–Crippen LogP) is 3.72. The minimum Gasteiger partial charge on any atom is -0.493 e. The summed E-state index contributed by atoms with van der Waals surface area (Å²) in [6.07, 6.45) is 2.74. The summed E-state index contributed by atoms with van der Waals surface area (Å²) < 4.78 is 29.7. The molecular formula is C25H32FIN2O5. The van der Waals surface area contributed by atoms with Gasteiger partial charge in [0.05, 0.1) is 26.4 Å². The number of rotatable bonds is 12. The van der Waals surface area contributed by atoms with Crippen LogP contribution in [-0.2, 0) is 19.6 Å². The van der Waals surface area contributed by atoms with Gasteiger partial charge in [0.25, 0.3) is 5.91 Å². The monoisotopic (exact) mass is 586 g/mol. The van der Waals surface area contributed by atoms with E-state index in [9.17, 15) is 14.3 Å². The zero-order chi connectivity index (χ0) is 24.5. The van der Waals surface area contributed by atoms with Crippen molar-refractivity contribution in [1.29, 1.82) is 0 Å². The summed E-state index contributed by atoms with van der Waals surface area (Å²) in [5, 5.41) is 12.5. The summed E-state index contributed by atoms with van der Waals surface area (Å²) in [6.45, 7) is 2.20. The van der Waals surface area contributed by atoms with Gasteiger partial charge in [-0.05, 0) is 83.8 Å². The lowest BCUT2D eigenvalue weighted by atomic mass is 9.98. The summed E-state index contributed by atoms with van der Waals surface area (Å²) in [5.74, 6) is 1.48. The molecule has 2 aromatic rings. The van der Waals surface area contributed by atoms with Crippen LogP contribution in [0.15, 0.2) is 24.3 Å². The number of carbonyl (C=O) groups excluding carboxylic acids is 1. The van der Waals surface area contributed by atoms with Gasteiger partial charge in [0, 0.05) is 28.8 Å². The topological polar surface area (TPSA) is 80.3 Å². The van der Waals surface area contributed by atoms with E-state index in [1.165, 1.54) is 11.1 Å². The molecule has 34 heavy (non-hydrogen) atoms. The van der Waals surface area contributed by atoms with Crippen LogP contribution in [0.2, 0.25) is 0 Å². The smallest absolute Gasteiger partial charge is 0.255 e. The molecular weight excluding hydrogens is 554 g/mol. The molecule has 186 valence electrons. The van der Waals surface area contributed by atoms with E-state index in [0.717, 1.165) is 54.0 Å². The Morgan fingerprint density at radius 3 is 2.56 bits per heavy atom. The Bertz CT molecular complexity index is 988. The molecule has 0 saturated carbocycles. The zero-order valence-corrected chi connectivity index (χ0v) is 21.8. The lowest BCUT2D eigenvalue weighted by molar-refractivity contribution is 0.0947. The normalized spacial score (nSPS) is 13.3. The Hall–Kier alpha value is -2.11. The summed E-state index contributed by atoms with van der Waals surface area (Å²) in [5.41, 5.74) is 3.36. The second-order valence-corrected chi connectivity index (χ2v) is 9.35. The third-order valence-corrected chi connectivity index (χ3v) is 6.48. The predicted molar refractivity (Wildman–Crippen MR) is 137 cm³/mol. The number of alkyl halides is 1. The van der Waals surface area contributed by atoms with Gasteiger partial charge in [-0.3, -0.25) is 9.69 Å². The number of ether oxygens (including phenoxy) is 3. The van der Waals surface area contributed by atoms with E-state index < -0.39 is 6.67 Å². The van der Waals surface area contributed by atoms with Gasteiger partial charge in [-0.25, -0.2) is 4.39 Å². The molecule has 1 amide bonds. The van der Waals surface area contributed by atoms with Crippen molar-refractivity contribution in [1.82, 2.24) is 10.2 Å². The van der Waals surface area contributed by atoms with Crippen LogP contribution in [0.4, 0.5) is 4.39 Å². The van der Waals surface area contributed by atoms with Gasteiger partial charge < -0.3 is 24.6 Å². The number of nitrogens with one attached hydrogen (secondary N) is 1. The van der Waals surface area contributed by atoms with E-state index in [2.05, 4.69) is 44.9 Å². The molecule has 2 N–H and O–H groups in total. The lowest BCUT2D eigenvalue weighted by Gasteiger charge is -2.29. The van der Waals surface area contributed by atoms with E-state index >= 15 is 0 Å². The molecule has 7 nitrogen and oxygen atoms in total. The molecule has 0 radical (unpaired) electrons. The molecule has 2 aromatic carbocycles. The highest BCUT2D eigenvalue weighted by atomic mass is 127. The third kappa shape index (κ3) is 6.73. The van der Waals surface area contributed by atoms with Crippen LogP contribution in [-0.4, -0.2) is 63.0 Å². The summed E-state index contributed by atoms with van der Waals surface area (Å²) in [4.78, 5) is 15.2. The maximum absolute atomic E-state index is 12.8. The van der Waals surface area contributed by atoms with E-state index in [0.29, 0.717) is 17.7 Å². The standard InChI is InChI=1S/C25H32FIN2O5/c1-32-22-12-17-5-9-29(15-18(17)13-23(22)33-2)8-4-3-7-28-25(31)21-14-20(27)11-19(16-30)24(21)34-10-6-26/h11-14,30H,3-10,15-16H2,1-2H3,(H,28,31). The molecule has 1 heterocycles. The summed E-state index contributed by atoms with van der Waals surface area (Å²) >= 11 is 2.09. The van der Waals surface area contributed by atoms with Crippen molar-refractivity contribution in [2.75, 3.05) is 47.1 Å². The number of aliphatic hydroxyl groups excluding tert-OH is 1. The zero-order valence-electron chi connectivity index (χ0n) is 19.7. The molecule has 0 unspecified atom stereocenters. The van der Waals surface area contributed by atoms with E-state index in [4.69, 9.17) is 14.2 Å².